The van der Waals surface area contributed by atoms with Crippen LogP contribution in [0.3, 0.4) is 0 Å². The van der Waals surface area contributed by atoms with Gasteiger partial charge in [0.05, 0.1) is 23.8 Å². The van der Waals surface area contributed by atoms with Gasteiger partial charge in [-0.1, -0.05) is 0 Å². The van der Waals surface area contributed by atoms with Gasteiger partial charge in [-0.15, -0.1) is 0 Å². The molecule has 23 heavy (non-hydrogen) atoms. The number of benzene rings is 2. The van der Waals surface area contributed by atoms with Gasteiger partial charge in [-0.2, -0.15) is 0 Å². The summed E-state index contributed by atoms with van der Waals surface area (Å²) in [5.41, 5.74) is 8.26. The molecule has 0 aliphatic rings. The predicted octanol–water partition coefficient (Wildman–Crippen LogP) is 2.98. The minimum atomic E-state index is -1.12. The van der Waals surface area contributed by atoms with E-state index in [-0.39, 0.29) is 0 Å². The van der Waals surface area contributed by atoms with Crippen molar-refractivity contribution in [2.75, 3.05) is 17.7 Å². The summed E-state index contributed by atoms with van der Waals surface area (Å²) >= 11 is 0. The molecule has 0 spiro atoms. The first kappa shape index (κ1) is 14.7. The second-order valence-electron chi connectivity index (χ2n) is 5.03. The summed E-state index contributed by atoms with van der Waals surface area (Å²) in [6, 6.07) is 12.0. The van der Waals surface area contributed by atoms with Crippen molar-refractivity contribution in [1.29, 1.82) is 0 Å². The van der Waals surface area contributed by atoms with E-state index >= 15 is 0 Å². The van der Waals surface area contributed by atoms with Gasteiger partial charge >= 0.3 is 6.09 Å². The topological polar surface area (TPSA) is 93.6 Å². The molecule has 0 bridgehead atoms. The van der Waals surface area contributed by atoms with Crippen LogP contribution in [0.15, 0.2) is 42.5 Å². The third kappa shape index (κ3) is 2.52. The Morgan fingerprint density at radius 3 is 2.57 bits per heavy atom. The van der Waals surface area contributed by atoms with Crippen molar-refractivity contribution in [3.05, 3.63) is 42.5 Å². The first-order chi connectivity index (χ1) is 11.0. The third-order valence-electron chi connectivity index (χ3n) is 3.60. The molecule has 1 amide bonds. The van der Waals surface area contributed by atoms with Crippen molar-refractivity contribution >= 4 is 34.4 Å². The van der Waals surface area contributed by atoms with Crippen molar-refractivity contribution < 1.29 is 14.6 Å². The van der Waals surface area contributed by atoms with Gasteiger partial charge < -0.3 is 20.1 Å². The number of nitrogens with zero attached hydrogens (tertiary/aromatic N) is 3. The number of aryl methyl sites for hydroxylation is 1. The summed E-state index contributed by atoms with van der Waals surface area (Å²) in [5.74, 6) is 0.945. The number of imidazole rings is 1. The van der Waals surface area contributed by atoms with Crippen LogP contribution >= 0.6 is 0 Å². The van der Waals surface area contributed by atoms with Gasteiger partial charge in [-0.25, -0.2) is 14.7 Å². The number of ether oxygens (including phenoxy) is 1. The molecule has 0 unspecified atom stereocenters. The molecule has 0 fully saturated rings. The van der Waals surface area contributed by atoms with Gasteiger partial charge in [0.1, 0.15) is 5.75 Å². The molecule has 0 saturated heterocycles. The number of carboxylic acid groups (broad SMARTS) is 1. The van der Waals surface area contributed by atoms with E-state index in [0.717, 1.165) is 10.4 Å². The third-order valence-corrected chi connectivity index (χ3v) is 3.60. The van der Waals surface area contributed by atoms with E-state index in [4.69, 9.17) is 10.5 Å². The van der Waals surface area contributed by atoms with Crippen LogP contribution in [0.1, 0.15) is 0 Å². The lowest BCUT2D eigenvalue weighted by molar-refractivity contribution is 0.204. The fourth-order valence-corrected chi connectivity index (χ4v) is 2.45. The Hall–Kier alpha value is -3.22. The Morgan fingerprint density at radius 1 is 1.26 bits per heavy atom. The fourth-order valence-electron chi connectivity index (χ4n) is 2.45. The first-order valence-electron chi connectivity index (χ1n) is 6.90. The van der Waals surface area contributed by atoms with E-state index in [9.17, 15) is 9.90 Å². The van der Waals surface area contributed by atoms with Gasteiger partial charge in [-0.05, 0) is 42.5 Å². The van der Waals surface area contributed by atoms with Crippen LogP contribution < -0.4 is 15.4 Å². The molecule has 0 atom stereocenters. The Kier molecular flexibility index (Phi) is 3.53. The number of nitrogens with two attached hydrogens (primary N) is 1. The Labute approximate surface area is 132 Å². The minimum Gasteiger partial charge on any atom is -0.497 e. The fraction of sp³-hybridized carbons (Fsp3) is 0.125. The van der Waals surface area contributed by atoms with Crippen molar-refractivity contribution in [3.63, 3.8) is 0 Å². The molecule has 1 aromatic heterocycles. The molecule has 0 saturated carbocycles. The highest BCUT2D eigenvalue weighted by Gasteiger charge is 2.23. The van der Waals surface area contributed by atoms with E-state index in [2.05, 4.69) is 4.98 Å². The monoisotopic (exact) mass is 312 g/mol. The highest BCUT2D eigenvalue weighted by Crippen LogP contribution is 2.29. The Balaban J connectivity index is 2.14. The zero-order valence-corrected chi connectivity index (χ0v) is 12.7. The van der Waals surface area contributed by atoms with Crippen LogP contribution in [0.4, 0.5) is 22.1 Å². The molecule has 0 aliphatic carbocycles. The van der Waals surface area contributed by atoms with Crippen molar-refractivity contribution in [1.82, 2.24) is 9.55 Å². The number of amides is 1. The van der Waals surface area contributed by atoms with Gasteiger partial charge in [-0.3, -0.25) is 0 Å². The summed E-state index contributed by atoms with van der Waals surface area (Å²) in [6.45, 7) is 0. The molecule has 3 rings (SSSR count). The molecule has 3 aromatic rings. The van der Waals surface area contributed by atoms with Gasteiger partial charge in [0.2, 0.25) is 5.95 Å². The van der Waals surface area contributed by atoms with Crippen LogP contribution in [0.25, 0.3) is 11.0 Å². The SMILES string of the molecule is COc1ccc(N(C(=O)O)c2nc3cc(N)ccc3n2C)cc1. The number of aromatic nitrogens is 2. The van der Waals surface area contributed by atoms with E-state index < -0.39 is 6.09 Å². The van der Waals surface area contributed by atoms with E-state index in [1.54, 1.807) is 55.1 Å². The maximum Gasteiger partial charge on any atom is 0.418 e. The lowest BCUT2D eigenvalue weighted by atomic mass is 10.3. The normalized spacial score (nSPS) is 10.7. The van der Waals surface area contributed by atoms with Crippen molar-refractivity contribution in [2.45, 2.75) is 0 Å². The molecule has 1 heterocycles. The number of rotatable bonds is 3. The van der Waals surface area contributed by atoms with Crippen LogP contribution in [-0.4, -0.2) is 27.9 Å². The van der Waals surface area contributed by atoms with Crippen molar-refractivity contribution in [2.24, 2.45) is 7.05 Å². The summed E-state index contributed by atoms with van der Waals surface area (Å²) < 4.78 is 6.81. The molecule has 2 aromatic carbocycles. The lowest BCUT2D eigenvalue weighted by Crippen LogP contribution is -2.26. The molecule has 118 valence electrons. The van der Waals surface area contributed by atoms with E-state index in [0.29, 0.717) is 28.6 Å². The smallest absolute Gasteiger partial charge is 0.418 e. The molecule has 7 heteroatoms. The Bertz CT molecular complexity index is 871. The Morgan fingerprint density at radius 2 is 1.96 bits per heavy atom. The summed E-state index contributed by atoms with van der Waals surface area (Å²) in [5, 5.41) is 9.63. The summed E-state index contributed by atoms with van der Waals surface area (Å²) in [4.78, 5) is 17.3. The minimum absolute atomic E-state index is 0.295. The number of hydrogen-bond acceptors (Lipinski definition) is 4. The molecule has 0 radical (unpaired) electrons. The molecular weight excluding hydrogens is 296 g/mol. The number of carbonyl (C=O) groups is 1. The zero-order chi connectivity index (χ0) is 16.6. The molecule has 3 N–H and O–H groups in total. The standard InChI is InChI=1S/C16H16N4O3/c1-19-14-8-3-10(17)9-13(14)18-15(19)20(16(21)22)11-4-6-12(23-2)7-5-11/h3-9H,17H2,1-2H3,(H,21,22). The molecule has 0 aliphatic heterocycles. The second kappa shape index (κ2) is 5.53. The van der Waals surface area contributed by atoms with Crippen LogP contribution in [0.5, 0.6) is 5.75 Å². The largest absolute Gasteiger partial charge is 0.497 e. The average molecular weight is 312 g/mol. The van der Waals surface area contributed by atoms with Crippen molar-refractivity contribution in [3.8, 4) is 5.75 Å². The molecular formula is C16H16N4O3. The highest BCUT2D eigenvalue weighted by atomic mass is 16.5. The number of methoxy groups -OCH3 is 1. The van der Waals surface area contributed by atoms with Crippen LogP contribution in [0, 0.1) is 0 Å². The number of hydrogen-bond donors (Lipinski definition) is 2. The van der Waals surface area contributed by atoms with Crippen LogP contribution in [-0.2, 0) is 7.05 Å². The number of nitrogen functional groups attached to an aromatic ring is 1. The lowest BCUT2D eigenvalue weighted by Gasteiger charge is -2.18. The van der Waals surface area contributed by atoms with E-state index in [1.807, 2.05) is 6.07 Å². The quantitative estimate of drug-likeness (QED) is 0.725. The average Bonchev–Trinajstić information content (AvgIpc) is 2.84. The van der Waals surface area contributed by atoms with Crippen LogP contribution in [0.2, 0.25) is 0 Å². The van der Waals surface area contributed by atoms with Gasteiger partial charge in [0.25, 0.3) is 0 Å². The zero-order valence-electron chi connectivity index (χ0n) is 12.7. The second-order valence-corrected chi connectivity index (χ2v) is 5.03. The number of anilines is 3. The maximum atomic E-state index is 11.8. The van der Waals surface area contributed by atoms with Gasteiger partial charge in [0, 0.05) is 12.7 Å². The molecule has 7 nitrogen and oxygen atoms in total. The maximum absolute atomic E-state index is 11.8. The first-order valence-corrected chi connectivity index (χ1v) is 6.90. The predicted molar refractivity (Wildman–Crippen MR) is 88.3 cm³/mol. The number of fused-ring (bicyclic) bond motifs is 1. The van der Waals surface area contributed by atoms with Gasteiger partial charge in [0.15, 0.2) is 0 Å². The van der Waals surface area contributed by atoms with E-state index in [1.165, 1.54) is 0 Å². The summed E-state index contributed by atoms with van der Waals surface area (Å²) in [6.07, 6.45) is -1.12. The highest BCUT2D eigenvalue weighted by molar-refractivity contribution is 5.95. The summed E-state index contributed by atoms with van der Waals surface area (Å²) in [7, 11) is 3.32.